The first kappa shape index (κ1) is 19.9. The van der Waals surface area contributed by atoms with Gasteiger partial charge in [-0.15, -0.1) is 0 Å². The predicted molar refractivity (Wildman–Crippen MR) is 99.0 cm³/mol. The number of nitro groups is 1. The first-order valence-corrected chi connectivity index (χ1v) is 8.32. The highest BCUT2D eigenvalue weighted by molar-refractivity contribution is 5.98. The number of hydrogen-bond acceptors (Lipinski definition) is 6. The Morgan fingerprint density at radius 2 is 1.93 bits per heavy atom. The molecule has 1 amide bonds. The number of esters is 1. The molecule has 0 fully saturated rings. The van der Waals surface area contributed by atoms with Gasteiger partial charge >= 0.3 is 5.97 Å². The molecule has 8 heteroatoms. The molecule has 0 aliphatic rings. The number of nitrogens with zero attached hydrogens (tertiary/aromatic N) is 1. The molecule has 1 atom stereocenters. The summed E-state index contributed by atoms with van der Waals surface area (Å²) in [6, 6.07) is 10.8. The molecule has 0 aliphatic carbocycles. The SMILES string of the molecule is CCOc1ccccc1NC(=O)[C@H](C)OC(=O)c1ccc([N+](=O)[O-])c(C)c1. The Bertz CT molecular complexity index is 865. The summed E-state index contributed by atoms with van der Waals surface area (Å²) in [5.41, 5.74) is 0.841. The van der Waals surface area contributed by atoms with E-state index in [-0.39, 0.29) is 11.3 Å². The van der Waals surface area contributed by atoms with Gasteiger partial charge in [-0.1, -0.05) is 12.1 Å². The van der Waals surface area contributed by atoms with Gasteiger partial charge in [0, 0.05) is 11.6 Å². The number of rotatable bonds is 7. The fraction of sp³-hybridized carbons (Fsp3) is 0.263. The van der Waals surface area contributed by atoms with Crippen LogP contribution < -0.4 is 10.1 Å². The lowest BCUT2D eigenvalue weighted by Gasteiger charge is -2.15. The molecule has 2 aromatic rings. The van der Waals surface area contributed by atoms with Gasteiger partial charge in [-0.25, -0.2) is 4.79 Å². The van der Waals surface area contributed by atoms with Gasteiger partial charge in [-0.2, -0.15) is 0 Å². The fourth-order valence-electron chi connectivity index (χ4n) is 2.36. The van der Waals surface area contributed by atoms with E-state index in [1.807, 2.05) is 6.92 Å². The van der Waals surface area contributed by atoms with Gasteiger partial charge in [0.1, 0.15) is 5.75 Å². The lowest BCUT2D eigenvalue weighted by Crippen LogP contribution is -2.30. The van der Waals surface area contributed by atoms with E-state index in [0.717, 1.165) is 0 Å². The Labute approximate surface area is 156 Å². The van der Waals surface area contributed by atoms with Gasteiger partial charge in [0.25, 0.3) is 11.6 Å². The van der Waals surface area contributed by atoms with Gasteiger partial charge in [-0.05, 0) is 45.0 Å². The number of carbonyl (C=O) groups is 2. The lowest BCUT2D eigenvalue weighted by molar-refractivity contribution is -0.385. The number of benzene rings is 2. The Kier molecular flexibility index (Phi) is 6.48. The average Bonchev–Trinajstić information content (AvgIpc) is 2.63. The van der Waals surface area contributed by atoms with E-state index < -0.39 is 22.9 Å². The number of nitrogens with one attached hydrogen (secondary N) is 1. The van der Waals surface area contributed by atoms with Crippen LogP contribution in [-0.2, 0) is 9.53 Å². The van der Waals surface area contributed by atoms with E-state index in [9.17, 15) is 19.7 Å². The number of amides is 1. The molecule has 0 heterocycles. The van der Waals surface area contributed by atoms with E-state index >= 15 is 0 Å². The molecule has 27 heavy (non-hydrogen) atoms. The first-order valence-electron chi connectivity index (χ1n) is 8.32. The topological polar surface area (TPSA) is 108 Å². The summed E-state index contributed by atoms with van der Waals surface area (Å²) in [5, 5.41) is 13.5. The van der Waals surface area contributed by atoms with Crippen LogP contribution in [0, 0.1) is 17.0 Å². The van der Waals surface area contributed by atoms with Crippen LogP contribution in [0.4, 0.5) is 11.4 Å². The van der Waals surface area contributed by atoms with Crippen molar-refractivity contribution in [1.29, 1.82) is 0 Å². The number of aryl methyl sites for hydroxylation is 1. The summed E-state index contributed by atoms with van der Waals surface area (Å²) in [4.78, 5) is 34.8. The summed E-state index contributed by atoms with van der Waals surface area (Å²) in [6.07, 6.45) is -1.07. The fourth-order valence-corrected chi connectivity index (χ4v) is 2.36. The first-order chi connectivity index (χ1) is 12.8. The minimum absolute atomic E-state index is 0.0927. The maximum atomic E-state index is 12.3. The molecule has 2 rings (SSSR count). The molecule has 8 nitrogen and oxygen atoms in total. The quantitative estimate of drug-likeness (QED) is 0.453. The van der Waals surface area contributed by atoms with Crippen molar-refractivity contribution in [3.63, 3.8) is 0 Å². The van der Waals surface area contributed by atoms with Crippen molar-refractivity contribution in [1.82, 2.24) is 0 Å². The van der Waals surface area contributed by atoms with E-state index in [0.29, 0.717) is 23.6 Å². The van der Waals surface area contributed by atoms with Crippen molar-refractivity contribution in [2.45, 2.75) is 26.9 Å². The van der Waals surface area contributed by atoms with Crippen molar-refractivity contribution in [3.8, 4) is 5.75 Å². The third-order valence-corrected chi connectivity index (χ3v) is 3.73. The number of anilines is 1. The molecule has 142 valence electrons. The summed E-state index contributed by atoms with van der Waals surface area (Å²) in [5.74, 6) is -0.749. The second kappa shape index (κ2) is 8.79. The summed E-state index contributed by atoms with van der Waals surface area (Å²) in [7, 11) is 0. The molecule has 0 saturated carbocycles. The van der Waals surface area contributed by atoms with Crippen molar-refractivity contribution in [2.75, 3.05) is 11.9 Å². The molecule has 0 unspecified atom stereocenters. The predicted octanol–water partition coefficient (Wildman–Crippen LogP) is 3.49. The maximum absolute atomic E-state index is 12.3. The van der Waals surface area contributed by atoms with E-state index in [1.165, 1.54) is 32.0 Å². The Morgan fingerprint density at radius 1 is 1.22 bits per heavy atom. The maximum Gasteiger partial charge on any atom is 0.338 e. The number of ether oxygens (including phenoxy) is 2. The van der Waals surface area contributed by atoms with E-state index in [2.05, 4.69) is 5.32 Å². The molecular formula is C19H20N2O6. The second-order valence-corrected chi connectivity index (χ2v) is 5.72. The number of carbonyl (C=O) groups excluding carboxylic acids is 2. The summed E-state index contributed by atoms with van der Waals surface area (Å²) < 4.78 is 10.6. The monoisotopic (exact) mass is 372 g/mol. The van der Waals surface area contributed by atoms with Gasteiger partial charge in [0.05, 0.1) is 22.8 Å². The van der Waals surface area contributed by atoms with Crippen LogP contribution in [0.2, 0.25) is 0 Å². The molecule has 0 radical (unpaired) electrons. The minimum Gasteiger partial charge on any atom is -0.492 e. The van der Waals surface area contributed by atoms with Crippen LogP contribution in [-0.4, -0.2) is 29.5 Å². The number of hydrogen-bond donors (Lipinski definition) is 1. The van der Waals surface area contributed by atoms with Crippen LogP contribution in [0.15, 0.2) is 42.5 Å². The molecule has 0 saturated heterocycles. The van der Waals surface area contributed by atoms with Crippen molar-refractivity contribution in [2.24, 2.45) is 0 Å². The highest BCUT2D eigenvalue weighted by Crippen LogP contribution is 2.24. The highest BCUT2D eigenvalue weighted by atomic mass is 16.6. The van der Waals surface area contributed by atoms with Crippen molar-refractivity contribution >= 4 is 23.3 Å². The van der Waals surface area contributed by atoms with Crippen molar-refractivity contribution < 1.29 is 24.0 Å². The largest absolute Gasteiger partial charge is 0.492 e. The highest BCUT2D eigenvalue weighted by Gasteiger charge is 2.21. The molecule has 0 aliphatic heterocycles. The third-order valence-electron chi connectivity index (χ3n) is 3.73. The standard InChI is InChI=1S/C19H20N2O6/c1-4-26-17-8-6-5-7-15(17)20-18(22)13(3)27-19(23)14-9-10-16(21(24)25)12(2)11-14/h5-11,13H,4H2,1-3H3,(H,20,22)/t13-/m0/s1. The zero-order chi connectivity index (χ0) is 20.0. The molecule has 0 bridgehead atoms. The number of nitro benzene ring substituents is 1. The Hall–Kier alpha value is -3.42. The zero-order valence-electron chi connectivity index (χ0n) is 15.2. The Morgan fingerprint density at radius 3 is 2.56 bits per heavy atom. The summed E-state index contributed by atoms with van der Waals surface area (Å²) in [6.45, 7) is 5.23. The van der Waals surface area contributed by atoms with Gasteiger partial charge in [0.2, 0.25) is 0 Å². The molecule has 1 N–H and O–H groups in total. The smallest absolute Gasteiger partial charge is 0.338 e. The van der Waals surface area contributed by atoms with Crippen LogP contribution >= 0.6 is 0 Å². The van der Waals surface area contributed by atoms with Crippen LogP contribution in [0.3, 0.4) is 0 Å². The molecule has 0 aromatic heterocycles. The average molecular weight is 372 g/mol. The van der Waals surface area contributed by atoms with Crippen LogP contribution in [0.5, 0.6) is 5.75 Å². The lowest BCUT2D eigenvalue weighted by atomic mass is 10.1. The molecular weight excluding hydrogens is 352 g/mol. The van der Waals surface area contributed by atoms with Crippen LogP contribution in [0.1, 0.15) is 29.8 Å². The molecule has 0 spiro atoms. The van der Waals surface area contributed by atoms with Gasteiger partial charge < -0.3 is 14.8 Å². The van der Waals surface area contributed by atoms with Gasteiger partial charge in [-0.3, -0.25) is 14.9 Å². The molecule has 2 aromatic carbocycles. The normalized spacial score (nSPS) is 11.4. The number of para-hydroxylation sites is 2. The third kappa shape index (κ3) is 5.04. The van der Waals surface area contributed by atoms with E-state index in [4.69, 9.17) is 9.47 Å². The zero-order valence-corrected chi connectivity index (χ0v) is 15.2. The van der Waals surface area contributed by atoms with Crippen LogP contribution in [0.25, 0.3) is 0 Å². The van der Waals surface area contributed by atoms with Gasteiger partial charge in [0.15, 0.2) is 6.10 Å². The van der Waals surface area contributed by atoms with Crippen molar-refractivity contribution in [3.05, 3.63) is 63.7 Å². The van der Waals surface area contributed by atoms with E-state index in [1.54, 1.807) is 24.3 Å². The summed E-state index contributed by atoms with van der Waals surface area (Å²) >= 11 is 0. The second-order valence-electron chi connectivity index (χ2n) is 5.72. The Balaban J connectivity index is 2.05. The minimum atomic E-state index is -1.07.